The summed E-state index contributed by atoms with van der Waals surface area (Å²) < 4.78 is 5.59. The molecule has 2 N–H and O–H groups in total. The van der Waals surface area contributed by atoms with Crippen LogP contribution in [-0.4, -0.2) is 47.6 Å². The highest BCUT2D eigenvalue weighted by Gasteiger charge is 2.31. The lowest BCUT2D eigenvalue weighted by atomic mass is 9.88. The van der Waals surface area contributed by atoms with Gasteiger partial charge in [0.05, 0.1) is 7.11 Å². The van der Waals surface area contributed by atoms with Gasteiger partial charge in [0.25, 0.3) is 0 Å². The van der Waals surface area contributed by atoms with Crippen LogP contribution in [-0.2, 0) is 6.54 Å². The van der Waals surface area contributed by atoms with Crippen LogP contribution in [0.3, 0.4) is 0 Å². The molecule has 0 aliphatic heterocycles. The number of nitrogens with zero attached hydrogens (tertiary/aromatic N) is 1. The van der Waals surface area contributed by atoms with Gasteiger partial charge in [0.1, 0.15) is 5.75 Å². The zero-order valence-corrected chi connectivity index (χ0v) is 21.1. The molecule has 0 bridgehead atoms. The topological polar surface area (TPSA) is 78.9 Å². The Morgan fingerprint density at radius 3 is 2.32 bits per heavy atom. The number of hydrogen-bond acceptors (Lipinski definition) is 4. The molecule has 6 nitrogen and oxygen atoms in total. The van der Waals surface area contributed by atoms with E-state index in [1.807, 2.05) is 36.4 Å². The molecule has 1 aliphatic rings. The Morgan fingerprint density at radius 1 is 1.06 bits per heavy atom. The Bertz CT molecular complexity index is 1000. The van der Waals surface area contributed by atoms with Crippen molar-refractivity contribution in [3.8, 4) is 16.9 Å². The maximum Gasteiger partial charge on any atom is 0.407 e. The lowest BCUT2D eigenvalue weighted by Gasteiger charge is -2.38. The molecular weight excluding hydrogens is 428 g/mol. The number of rotatable bonds is 8. The van der Waals surface area contributed by atoms with Crippen LogP contribution in [0.5, 0.6) is 5.75 Å². The third kappa shape index (κ3) is 6.83. The van der Waals surface area contributed by atoms with Crippen molar-refractivity contribution in [3.63, 3.8) is 0 Å². The van der Waals surface area contributed by atoms with Gasteiger partial charge in [0.2, 0.25) is 0 Å². The molecule has 2 aromatic carbocycles. The monoisotopic (exact) mass is 466 g/mol. The first kappa shape index (κ1) is 25.8. The van der Waals surface area contributed by atoms with Crippen LogP contribution >= 0.6 is 0 Å². The second-order valence-corrected chi connectivity index (χ2v) is 10.5. The lowest BCUT2D eigenvalue weighted by molar-refractivity contribution is 0.0847. The number of Topliss-reactive ketones (excluding diaryl/α,β-unsaturated/α-hetero) is 1. The van der Waals surface area contributed by atoms with E-state index in [0.717, 1.165) is 48.1 Å². The molecule has 0 atom stereocenters. The van der Waals surface area contributed by atoms with E-state index in [2.05, 4.69) is 32.2 Å². The predicted octanol–water partition coefficient (Wildman–Crippen LogP) is 5.99. The minimum absolute atomic E-state index is 0.0526. The second-order valence-electron chi connectivity index (χ2n) is 10.5. The quantitative estimate of drug-likeness (QED) is 0.467. The van der Waals surface area contributed by atoms with Crippen molar-refractivity contribution >= 4 is 11.9 Å². The van der Waals surface area contributed by atoms with Gasteiger partial charge in [-0.05, 0) is 67.3 Å². The maximum atomic E-state index is 11.8. The Kier molecular flexibility index (Phi) is 8.37. The van der Waals surface area contributed by atoms with Crippen molar-refractivity contribution in [2.75, 3.05) is 13.7 Å². The van der Waals surface area contributed by atoms with Gasteiger partial charge in [-0.25, -0.2) is 4.79 Å². The van der Waals surface area contributed by atoms with Gasteiger partial charge in [-0.1, -0.05) is 45.0 Å². The molecule has 0 unspecified atom stereocenters. The molecule has 0 spiro atoms. The number of benzene rings is 2. The average Bonchev–Trinajstić information content (AvgIpc) is 2.80. The van der Waals surface area contributed by atoms with Crippen LogP contribution in [0.25, 0.3) is 11.1 Å². The van der Waals surface area contributed by atoms with E-state index in [1.54, 1.807) is 18.9 Å². The number of nitrogens with one attached hydrogen (secondary N) is 1. The van der Waals surface area contributed by atoms with Crippen LogP contribution in [0.2, 0.25) is 0 Å². The Hall–Kier alpha value is -2.86. The fourth-order valence-electron chi connectivity index (χ4n) is 4.72. The summed E-state index contributed by atoms with van der Waals surface area (Å²) in [6.45, 7) is 9.04. The van der Waals surface area contributed by atoms with Crippen molar-refractivity contribution < 1.29 is 19.4 Å². The average molecular weight is 467 g/mol. The minimum Gasteiger partial charge on any atom is -0.496 e. The summed E-state index contributed by atoms with van der Waals surface area (Å²) in [5.74, 6) is 0.881. The number of hydrogen-bond donors (Lipinski definition) is 2. The summed E-state index contributed by atoms with van der Waals surface area (Å²) in [6.07, 6.45) is 2.81. The fourth-order valence-corrected chi connectivity index (χ4v) is 4.72. The SMILES string of the molecule is COc1ccc(-c2cccc(C(C)=O)c2)cc1CNC1CCC(N(CC(C)(C)C)C(=O)O)CC1. The Labute approximate surface area is 203 Å². The smallest absolute Gasteiger partial charge is 0.407 e. The molecule has 2 aromatic rings. The van der Waals surface area contributed by atoms with Gasteiger partial charge in [-0.2, -0.15) is 0 Å². The minimum atomic E-state index is -0.818. The Balaban J connectivity index is 1.64. The predicted molar refractivity (Wildman–Crippen MR) is 136 cm³/mol. The number of carboxylic acid groups (broad SMARTS) is 1. The number of carbonyl (C=O) groups excluding carboxylic acids is 1. The molecule has 34 heavy (non-hydrogen) atoms. The van der Waals surface area contributed by atoms with E-state index in [4.69, 9.17) is 4.74 Å². The zero-order valence-electron chi connectivity index (χ0n) is 21.1. The van der Waals surface area contributed by atoms with Crippen LogP contribution in [0.1, 0.15) is 69.3 Å². The van der Waals surface area contributed by atoms with Gasteiger partial charge >= 0.3 is 6.09 Å². The van der Waals surface area contributed by atoms with E-state index in [-0.39, 0.29) is 17.2 Å². The standard InChI is InChI=1S/C28H38N2O4/c1-19(31)20-7-6-8-21(15-20)22-9-14-26(34-5)23(16-22)17-29-24-10-12-25(13-11-24)30(27(32)33)18-28(2,3)4/h6-9,14-16,24-25,29H,10-13,17-18H2,1-5H3,(H,32,33). The van der Waals surface area contributed by atoms with Crippen LogP contribution in [0.15, 0.2) is 42.5 Å². The molecule has 0 saturated heterocycles. The molecule has 0 heterocycles. The largest absolute Gasteiger partial charge is 0.496 e. The van der Waals surface area contributed by atoms with Gasteiger partial charge in [-0.15, -0.1) is 0 Å². The maximum absolute atomic E-state index is 11.8. The summed E-state index contributed by atoms with van der Waals surface area (Å²) in [5, 5.41) is 13.4. The van der Waals surface area contributed by atoms with Gasteiger partial charge in [0.15, 0.2) is 5.78 Å². The second kappa shape index (κ2) is 11.0. The summed E-state index contributed by atoms with van der Waals surface area (Å²) >= 11 is 0. The fraction of sp³-hybridized carbons (Fsp3) is 0.500. The third-order valence-electron chi connectivity index (χ3n) is 6.49. The molecule has 6 heteroatoms. The van der Waals surface area contributed by atoms with Crippen molar-refractivity contribution in [1.82, 2.24) is 10.2 Å². The molecule has 3 rings (SSSR count). The van der Waals surface area contributed by atoms with E-state index >= 15 is 0 Å². The van der Waals surface area contributed by atoms with Gasteiger partial charge in [-0.3, -0.25) is 4.79 Å². The van der Waals surface area contributed by atoms with Gasteiger partial charge < -0.3 is 20.1 Å². The molecule has 184 valence electrons. The summed E-state index contributed by atoms with van der Waals surface area (Å²) in [4.78, 5) is 25.2. The molecule has 1 amide bonds. The van der Waals surface area contributed by atoms with Crippen LogP contribution in [0.4, 0.5) is 4.79 Å². The molecular formula is C28H38N2O4. The summed E-state index contributed by atoms with van der Waals surface area (Å²) in [5.41, 5.74) is 3.76. The first-order valence-electron chi connectivity index (χ1n) is 12.1. The molecule has 1 fully saturated rings. The zero-order chi connectivity index (χ0) is 24.9. The van der Waals surface area contributed by atoms with E-state index < -0.39 is 6.09 Å². The number of carbonyl (C=O) groups is 2. The highest BCUT2D eigenvalue weighted by atomic mass is 16.5. The number of ketones is 1. The van der Waals surface area contributed by atoms with Crippen molar-refractivity contribution in [2.45, 2.75) is 72.0 Å². The molecule has 1 saturated carbocycles. The molecule has 1 aliphatic carbocycles. The van der Waals surface area contributed by atoms with Crippen molar-refractivity contribution in [2.24, 2.45) is 5.41 Å². The highest BCUT2D eigenvalue weighted by molar-refractivity contribution is 5.95. The lowest BCUT2D eigenvalue weighted by Crippen LogP contribution is -2.47. The molecule has 0 radical (unpaired) electrons. The summed E-state index contributed by atoms with van der Waals surface area (Å²) in [7, 11) is 1.68. The van der Waals surface area contributed by atoms with Crippen molar-refractivity contribution in [1.29, 1.82) is 0 Å². The van der Waals surface area contributed by atoms with E-state index in [9.17, 15) is 14.7 Å². The van der Waals surface area contributed by atoms with Crippen LogP contribution < -0.4 is 10.1 Å². The van der Waals surface area contributed by atoms with E-state index in [0.29, 0.717) is 24.7 Å². The number of methoxy groups -OCH3 is 1. The number of ether oxygens (including phenoxy) is 1. The Morgan fingerprint density at radius 2 is 1.74 bits per heavy atom. The normalized spacial score (nSPS) is 18.4. The van der Waals surface area contributed by atoms with E-state index in [1.165, 1.54) is 0 Å². The third-order valence-corrected chi connectivity index (χ3v) is 6.49. The molecule has 0 aromatic heterocycles. The van der Waals surface area contributed by atoms with Crippen molar-refractivity contribution in [3.05, 3.63) is 53.6 Å². The first-order chi connectivity index (χ1) is 16.1. The summed E-state index contributed by atoms with van der Waals surface area (Å²) in [6, 6.07) is 14.2. The van der Waals surface area contributed by atoms with Gasteiger partial charge in [0, 0.05) is 36.3 Å². The first-order valence-corrected chi connectivity index (χ1v) is 12.1. The number of amides is 1. The highest BCUT2D eigenvalue weighted by Crippen LogP contribution is 2.30. The van der Waals surface area contributed by atoms with Crippen LogP contribution in [0, 0.1) is 5.41 Å².